The third-order valence-corrected chi connectivity index (χ3v) is 3.03. The second kappa shape index (κ2) is 4.31. The number of esters is 1. The van der Waals surface area contributed by atoms with Gasteiger partial charge in [0.05, 0.1) is 12.6 Å². The molecule has 0 atom stereocenters. The fraction of sp³-hybridized carbons (Fsp3) is 0.133. The molecule has 0 aliphatic heterocycles. The van der Waals surface area contributed by atoms with E-state index in [0.717, 1.165) is 21.8 Å². The van der Waals surface area contributed by atoms with Crippen molar-refractivity contribution in [2.24, 2.45) is 0 Å². The van der Waals surface area contributed by atoms with Crippen LogP contribution in [0.1, 0.15) is 6.92 Å². The summed E-state index contributed by atoms with van der Waals surface area (Å²) in [5.74, 6) is 0.799. The van der Waals surface area contributed by atoms with Crippen LogP contribution >= 0.6 is 0 Å². The number of ether oxygens (including phenoxy) is 2. The van der Waals surface area contributed by atoms with Crippen molar-refractivity contribution in [3.05, 3.63) is 36.4 Å². The fourth-order valence-electron chi connectivity index (χ4n) is 2.28. The van der Waals surface area contributed by atoms with Gasteiger partial charge < -0.3 is 14.5 Å². The molecule has 0 fully saturated rings. The molecule has 0 aliphatic carbocycles. The lowest BCUT2D eigenvalue weighted by Crippen LogP contribution is -2.01. The van der Waals surface area contributed by atoms with E-state index in [1.165, 1.54) is 6.92 Å². The number of hydrogen-bond donors (Lipinski definition) is 1. The second-order valence-electron chi connectivity index (χ2n) is 4.31. The molecule has 3 aromatic rings. The number of para-hydroxylation sites is 1. The van der Waals surface area contributed by atoms with Gasteiger partial charge in [-0.25, -0.2) is 0 Å². The molecular formula is C15H13NO3. The molecule has 4 nitrogen and oxygen atoms in total. The van der Waals surface area contributed by atoms with Crippen molar-refractivity contribution in [2.45, 2.75) is 6.92 Å². The molecule has 0 bridgehead atoms. The van der Waals surface area contributed by atoms with Crippen LogP contribution in [-0.2, 0) is 4.79 Å². The van der Waals surface area contributed by atoms with E-state index in [4.69, 9.17) is 9.47 Å². The van der Waals surface area contributed by atoms with Crippen LogP contribution in [0, 0.1) is 0 Å². The molecule has 4 heteroatoms. The van der Waals surface area contributed by atoms with Gasteiger partial charge in [0.15, 0.2) is 0 Å². The van der Waals surface area contributed by atoms with E-state index >= 15 is 0 Å². The van der Waals surface area contributed by atoms with E-state index < -0.39 is 0 Å². The van der Waals surface area contributed by atoms with Crippen LogP contribution in [0.4, 0.5) is 0 Å². The molecule has 0 unspecified atom stereocenters. The van der Waals surface area contributed by atoms with Gasteiger partial charge in [-0.2, -0.15) is 0 Å². The molecule has 0 aliphatic rings. The second-order valence-corrected chi connectivity index (χ2v) is 4.31. The fourth-order valence-corrected chi connectivity index (χ4v) is 2.28. The highest BCUT2D eigenvalue weighted by Crippen LogP contribution is 2.35. The standard InChI is InChI=1S/C15H13NO3/c1-9(17)19-10-7-12-11-5-3-4-6-13(11)16-15(12)14(8-10)18-2/h3-8,16H,1-2H3. The maximum Gasteiger partial charge on any atom is 0.308 e. The van der Waals surface area contributed by atoms with Crippen molar-refractivity contribution in [1.82, 2.24) is 4.98 Å². The van der Waals surface area contributed by atoms with Crippen LogP contribution in [0.15, 0.2) is 36.4 Å². The Labute approximate surface area is 109 Å². The number of H-pyrrole nitrogens is 1. The molecular weight excluding hydrogens is 242 g/mol. The van der Waals surface area contributed by atoms with E-state index in [1.807, 2.05) is 30.3 Å². The Hall–Kier alpha value is -2.49. The number of hydrogen-bond acceptors (Lipinski definition) is 3. The van der Waals surface area contributed by atoms with Gasteiger partial charge >= 0.3 is 5.97 Å². The van der Waals surface area contributed by atoms with Crippen molar-refractivity contribution in [1.29, 1.82) is 0 Å². The molecule has 1 N–H and O–H groups in total. The van der Waals surface area contributed by atoms with Gasteiger partial charge in [-0.1, -0.05) is 18.2 Å². The zero-order chi connectivity index (χ0) is 13.4. The lowest BCUT2D eigenvalue weighted by molar-refractivity contribution is -0.131. The third kappa shape index (κ3) is 1.91. The largest absolute Gasteiger partial charge is 0.494 e. The number of fused-ring (bicyclic) bond motifs is 3. The summed E-state index contributed by atoms with van der Waals surface area (Å²) >= 11 is 0. The quantitative estimate of drug-likeness (QED) is 0.565. The Bertz CT molecular complexity index is 774. The lowest BCUT2D eigenvalue weighted by Gasteiger charge is -2.06. The summed E-state index contributed by atoms with van der Waals surface area (Å²) in [4.78, 5) is 14.4. The number of carbonyl (C=O) groups excluding carboxylic acids is 1. The van der Waals surface area contributed by atoms with E-state index in [2.05, 4.69) is 4.98 Å². The molecule has 2 aromatic carbocycles. The van der Waals surface area contributed by atoms with Gasteiger partial charge in [-0.3, -0.25) is 4.79 Å². The SMILES string of the molecule is COc1cc(OC(C)=O)cc2c1[nH]c1ccccc12. The number of rotatable bonds is 2. The minimum Gasteiger partial charge on any atom is -0.494 e. The number of carbonyl (C=O) groups is 1. The molecule has 0 amide bonds. The summed E-state index contributed by atoms with van der Waals surface area (Å²) in [6.45, 7) is 1.38. The summed E-state index contributed by atoms with van der Waals surface area (Å²) in [7, 11) is 1.60. The maximum atomic E-state index is 11.1. The lowest BCUT2D eigenvalue weighted by atomic mass is 10.1. The molecule has 1 heterocycles. The summed E-state index contributed by atoms with van der Waals surface area (Å²) in [5, 5.41) is 2.05. The van der Waals surface area contributed by atoms with Gasteiger partial charge in [0.1, 0.15) is 11.5 Å². The molecule has 0 saturated heterocycles. The van der Waals surface area contributed by atoms with Crippen LogP contribution in [0.2, 0.25) is 0 Å². The van der Waals surface area contributed by atoms with Gasteiger partial charge in [0.25, 0.3) is 0 Å². The Kier molecular flexibility index (Phi) is 2.63. The van der Waals surface area contributed by atoms with Gasteiger partial charge in [-0.15, -0.1) is 0 Å². The highest BCUT2D eigenvalue weighted by molar-refractivity contribution is 6.09. The van der Waals surface area contributed by atoms with Crippen molar-refractivity contribution in [2.75, 3.05) is 7.11 Å². The van der Waals surface area contributed by atoms with Crippen LogP contribution in [-0.4, -0.2) is 18.1 Å². The van der Waals surface area contributed by atoms with Crippen molar-refractivity contribution in [3.8, 4) is 11.5 Å². The molecule has 1 aromatic heterocycles. The normalized spacial score (nSPS) is 10.8. The highest BCUT2D eigenvalue weighted by Gasteiger charge is 2.12. The van der Waals surface area contributed by atoms with Crippen molar-refractivity contribution < 1.29 is 14.3 Å². The predicted octanol–water partition coefficient (Wildman–Crippen LogP) is 3.26. The smallest absolute Gasteiger partial charge is 0.308 e. The summed E-state index contributed by atoms with van der Waals surface area (Å²) in [6, 6.07) is 11.5. The number of nitrogens with one attached hydrogen (secondary N) is 1. The molecule has 0 saturated carbocycles. The number of aromatic nitrogens is 1. The number of benzene rings is 2. The minimum absolute atomic E-state index is 0.346. The minimum atomic E-state index is -0.346. The Morgan fingerprint density at radius 3 is 2.68 bits per heavy atom. The van der Waals surface area contributed by atoms with Crippen LogP contribution in [0.5, 0.6) is 11.5 Å². The summed E-state index contributed by atoms with van der Waals surface area (Å²) in [5.41, 5.74) is 1.93. The number of aromatic amines is 1. The van der Waals surface area contributed by atoms with Crippen LogP contribution < -0.4 is 9.47 Å². The first-order valence-corrected chi connectivity index (χ1v) is 5.96. The molecule has 19 heavy (non-hydrogen) atoms. The van der Waals surface area contributed by atoms with Crippen molar-refractivity contribution in [3.63, 3.8) is 0 Å². The van der Waals surface area contributed by atoms with Crippen molar-refractivity contribution >= 4 is 27.8 Å². The summed E-state index contributed by atoms with van der Waals surface area (Å²) in [6.07, 6.45) is 0. The third-order valence-electron chi connectivity index (χ3n) is 3.03. The molecule has 0 radical (unpaired) electrons. The number of methoxy groups -OCH3 is 1. The van der Waals surface area contributed by atoms with E-state index in [-0.39, 0.29) is 5.97 Å². The molecule has 3 rings (SSSR count). The first kappa shape index (κ1) is 11.6. The maximum absolute atomic E-state index is 11.1. The zero-order valence-electron chi connectivity index (χ0n) is 10.7. The van der Waals surface area contributed by atoms with E-state index in [1.54, 1.807) is 13.2 Å². The van der Waals surface area contributed by atoms with Gasteiger partial charge in [-0.05, 0) is 12.1 Å². The van der Waals surface area contributed by atoms with Crippen LogP contribution in [0.3, 0.4) is 0 Å². The highest BCUT2D eigenvalue weighted by atomic mass is 16.5. The monoisotopic (exact) mass is 255 g/mol. The van der Waals surface area contributed by atoms with Crippen LogP contribution in [0.25, 0.3) is 21.8 Å². The van der Waals surface area contributed by atoms with E-state index in [0.29, 0.717) is 11.5 Å². The Morgan fingerprint density at radius 2 is 1.95 bits per heavy atom. The Morgan fingerprint density at radius 1 is 1.16 bits per heavy atom. The summed E-state index contributed by atoms with van der Waals surface area (Å²) < 4.78 is 10.5. The average molecular weight is 255 g/mol. The average Bonchev–Trinajstić information content (AvgIpc) is 2.76. The zero-order valence-corrected chi connectivity index (χ0v) is 10.7. The topological polar surface area (TPSA) is 51.3 Å². The first-order valence-electron chi connectivity index (χ1n) is 5.96. The predicted molar refractivity (Wildman–Crippen MR) is 73.7 cm³/mol. The molecule has 0 spiro atoms. The van der Waals surface area contributed by atoms with E-state index in [9.17, 15) is 4.79 Å². The van der Waals surface area contributed by atoms with Gasteiger partial charge in [0.2, 0.25) is 0 Å². The van der Waals surface area contributed by atoms with Gasteiger partial charge in [0, 0.05) is 29.3 Å². The Balaban J connectivity index is 2.33. The molecule has 96 valence electrons. The first-order chi connectivity index (χ1) is 9.19.